The van der Waals surface area contributed by atoms with Crippen molar-refractivity contribution in [1.82, 2.24) is 10.2 Å². The van der Waals surface area contributed by atoms with Gasteiger partial charge >= 0.3 is 0 Å². The molecule has 0 bridgehead atoms. The fourth-order valence-corrected chi connectivity index (χ4v) is 3.91. The van der Waals surface area contributed by atoms with Crippen LogP contribution in [0.25, 0.3) is 0 Å². The third-order valence-electron chi connectivity index (χ3n) is 5.20. The fraction of sp³-hybridized carbons (Fsp3) is 0.550. The standard InChI is InChI=1S/C20H25N3O3/c21-14-15-5-3-6-16(13-15)20(25)23-10-4-11-26-12-9-22-19(24)17-7-1-2-8-18(17)23/h3,5-6,13,17-18H,1-2,4,7-12H2,(H,22,24)/t17-,18+/m1/s1. The van der Waals surface area contributed by atoms with Crippen molar-refractivity contribution in [3.05, 3.63) is 35.4 Å². The predicted molar refractivity (Wildman–Crippen MR) is 96.4 cm³/mol. The average Bonchev–Trinajstić information content (AvgIpc) is 2.72. The van der Waals surface area contributed by atoms with Gasteiger partial charge < -0.3 is 15.0 Å². The lowest BCUT2D eigenvalue weighted by molar-refractivity contribution is -0.128. The van der Waals surface area contributed by atoms with Crippen LogP contribution in [-0.2, 0) is 9.53 Å². The molecule has 1 saturated heterocycles. The number of hydrogen-bond acceptors (Lipinski definition) is 4. The second-order valence-electron chi connectivity index (χ2n) is 6.91. The van der Waals surface area contributed by atoms with Crippen LogP contribution in [0.5, 0.6) is 0 Å². The SMILES string of the molecule is N#Cc1cccc(C(=O)N2CCCOCCNC(=O)[C@@H]3CCCC[C@@H]32)c1. The lowest BCUT2D eigenvalue weighted by atomic mass is 9.82. The molecule has 1 aromatic carbocycles. The van der Waals surface area contributed by atoms with Crippen LogP contribution >= 0.6 is 0 Å². The minimum absolute atomic E-state index is 0.0174. The van der Waals surface area contributed by atoms with Crippen molar-refractivity contribution >= 4 is 11.8 Å². The quantitative estimate of drug-likeness (QED) is 0.836. The minimum Gasteiger partial charge on any atom is -0.380 e. The number of hydrogen-bond donors (Lipinski definition) is 1. The van der Waals surface area contributed by atoms with Crippen molar-refractivity contribution in [1.29, 1.82) is 5.26 Å². The van der Waals surface area contributed by atoms with Gasteiger partial charge in [-0.15, -0.1) is 0 Å². The molecular weight excluding hydrogens is 330 g/mol. The van der Waals surface area contributed by atoms with Crippen LogP contribution in [0.2, 0.25) is 0 Å². The first-order chi connectivity index (χ1) is 12.7. The first-order valence-corrected chi connectivity index (χ1v) is 9.37. The van der Waals surface area contributed by atoms with Gasteiger partial charge in [-0.05, 0) is 37.5 Å². The molecule has 2 amide bonds. The first kappa shape index (κ1) is 18.4. The molecule has 0 radical (unpaired) electrons. The summed E-state index contributed by atoms with van der Waals surface area (Å²) in [5, 5.41) is 12.1. The molecule has 2 atom stereocenters. The van der Waals surface area contributed by atoms with Crippen molar-refractivity contribution in [3.63, 3.8) is 0 Å². The molecule has 1 N–H and O–H groups in total. The van der Waals surface area contributed by atoms with E-state index < -0.39 is 0 Å². The van der Waals surface area contributed by atoms with E-state index in [1.165, 1.54) is 0 Å². The number of fused-ring (bicyclic) bond motifs is 1. The highest BCUT2D eigenvalue weighted by molar-refractivity contribution is 5.95. The molecule has 26 heavy (non-hydrogen) atoms. The van der Waals surface area contributed by atoms with Crippen LogP contribution in [0.3, 0.4) is 0 Å². The third-order valence-corrected chi connectivity index (χ3v) is 5.20. The molecule has 1 aromatic rings. The molecule has 1 aliphatic heterocycles. The maximum atomic E-state index is 13.2. The topological polar surface area (TPSA) is 82.4 Å². The van der Waals surface area contributed by atoms with Crippen LogP contribution in [-0.4, -0.2) is 49.1 Å². The Hall–Kier alpha value is -2.39. The summed E-state index contributed by atoms with van der Waals surface area (Å²) in [6, 6.07) is 8.77. The molecule has 6 heteroatoms. The summed E-state index contributed by atoms with van der Waals surface area (Å²) in [5.74, 6) is -0.264. The summed E-state index contributed by atoms with van der Waals surface area (Å²) in [7, 11) is 0. The van der Waals surface area contributed by atoms with Gasteiger partial charge in [-0.2, -0.15) is 5.26 Å². The van der Waals surface area contributed by atoms with E-state index in [-0.39, 0.29) is 23.8 Å². The second kappa shape index (κ2) is 8.81. The Morgan fingerprint density at radius 2 is 2.08 bits per heavy atom. The van der Waals surface area contributed by atoms with Gasteiger partial charge in [0.25, 0.3) is 5.91 Å². The number of ether oxygens (including phenoxy) is 1. The summed E-state index contributed by atoms with van der Waals surface area (Å²) in [5.41, 5.74) is 0.972. The molecule has 2 aliphatic rings. The molecule has 1 aliphatic carbocycles. The van der Waals surface area contributed by atoms with E-state index >= 15 is 0 Å². The number of benzene rings is 1. The molecule has 1 saturated carbocycles. The summed E-state index contributed by atoms with van der Waals surface area (Å²) in [6.07, 6.45) is 4.41. The summed E-state index contributed by atoms with van der Waals surface area (Å²) in [6.45, 7) is 2.14. The number of carbonyl (C=O) groups is 2. The maximum Gasteiger partial charge on any atom is 0.254 e. The highest BCUT2D eigenvalue weighted by atomic mass is 16.5. The van der Waals surface area contributed by atoms with E-state index in [1.807, 2.05) is 4.90 Å². The monoisotopic (exact) mass is 355 g/mol. The van der Waals surface area contributed by atoms with Crippen LogP contribution in [0.1, 0.15) is 48.0 Å². The fourth-order valence-electron chi connectivity index (χ4n) is 3.91. The number of nitrogens with zero attached hydrogens (tertiary/aromatic N) is 2. The van der Waals surface area contributed by atoms with Gasteiger partial charge in [0, 0.05) is 31.3 Å². The molecule has 0 aromatic heterocycles. The smallest absolute Gasteiger partial charge is 0.254 e. The summed E-state index contributed by atoms with van der Waals surface area (Å²) in [4.78, 5) is 27.7. The van der Waals surface area contributed by atoms with Crippen molar-refractivity contribution < 1.29 is 14.3 Å². The van der Waals surface area contributed by atoms with E-state index in [1.54, 1.807) is 24.3 Å². The molecule has 3 rings (SSSR count). The molecule has 0 unspecified atom stereocenters. The maximum absolute atomic E-state index is 13.2. The van der Waals surface area contributed by atoms with E-state index in [9.17, 15) is 9.59 Å². The highest BCUT2D eigenvalue weighted by Gasteiger charge is 2.37. The van der Waals surface area contributed by atoms with Gasteiger partial charge in [0.15, 0.2) is 0 Å². The molecule has 6 nitrogen and oxygen atoms in total. The number of rotatable bonds is 1. The normalized spacial score (nSPS) is 24.6. The van der Waals surface area contributed by atoms with Gasteiger partial charge in [0.1, 0.15) is 0 Å². The van der Waals surface area contributed by atoms with Gasteiger partial charge in [-0.25, -0.2) is 0 Å². The number of nitrogens with one attached hydrogen (secondary N) is 1. The Bertz CT molecular complexity index is 698. The Balaban J connectivity index is 1.89. The van der Waals surface area contributed by atoms with Crippen LogP contribution in [0.15, 0.2) is 24.3 Å². The Morgan fingerprint density at radius 1 is 1.23 bits per heavy atom. The first-order valence-electron chi connectivity index (χ1n) is 9.37. The average molecular weight is 355 g/mol. The van der Waals surface area contributed by atoms with Crippen molar-refractivity contribution in [2.75, 3.05) is 26.3 Å². The Kier molecular flexibility index (Phi) is 6.24. The molecule has 2 fully saturated rings. The van der Waals surface area contributed by atoms with Crippen LogP contribution in [0, 0.1) is 17.2 Å². The molecule has 0 spiro atoms. The lowest BCUT2D eigenvalue weighted by Crippen LogP contribution is -2.51. The van der Waals surface area contributed by atoms with Gasteiger partial charge in [0.05, 0.1) is 24.2 Å². The van der Waals surface area contributed by atoms with Crippen LogP contribution in [0.4, 0.5) is 0 Å². The number of nitriles is 1. The van der Waals surface area contributed by atoms with Gasteiger partial charge in [-0.1, -0.05) is 18.9 Å². The van der Waals surface area contributed by atoms with E-state index in [2.05, 4.69) is 11.4 Å². The third kappa shape index (κ3) is 4.23. The summed E-state index contributed by atoms with van der Waals surface area (Å²) >= 11 is 0. The molecular formula is C20H25N3O3. The zero-order valence-electron chi connectivity index (χ0n) is 14.9. The van der Waals surface area contributed by atoms with Crippen molar-refractivity contribution in [2.45, 2.75) is 38.1 Å². The Morgan fingerprint density at radius 3 is 2.92 bits per heavy atom. The minimum atomic E-state index is -0.176. The lowest BCUT2D eigenvalue weighted by Gasteiger charge is -2.39. The summed E-state index contributed by atoms with van der Waals surface area (Å²) < 4.78 is 5.54. The van der Waals surface area contributed by atoms with Gasteiger partial charge in [-0.3, -0.25) is 9.59 Å². The molecule has 1 heterocycles. The van der Waals surface area contributed by atoms with Crippen LogP contribution < -0.4 is 5.32 Å². The van der Waals surface area contributed by atoms with E-state index in [0.29, 0.717) is 37.4 Å². The largest absolute Gasteiger partial charge is 0.380 e. The van der Waals surface area contributed by atoms with Crippen molar-refractivity contribution in [3.8, 4) is 6.07 Å². The highest BCUT2D eigenvalue weighted by Crippen LogP contribution is 2.30. The molecule has 138 valence electrons. The van der Waals surface area contributed by atoms with E-state index in [0.717, 1.165) is 32.1 Å². The van der Waals surface area contributed by atoms with Crippen molar-refractivity contribution in [2.24, 2.45) is 5.92 Å². The number of carbonyl (C=O) groups excluding carboxylic acids is 2. The Labute approximate surface area is 154 Å². The van der Waals surface area contributed by atoms with E-state index in [4.69, 9.17) is 10.00 Å². The predicted octanol–water partition coefficient (Wildman–Crippen LogP) is 2.10. The zero-order valence-corrected chi connectivity index (χ0v) is 14.9. The second-order valence-corrected chi connectivity index (χ2v) is 6.91. The zero-order chi connectivity index (χ0) is 18.4. The number of amides is 2. The van der Waals surface area contributed by atoms with Gasteiger partial charge in [0.2, 0.25) is 5.91 Å².